The van der Waals surface area contributed by atoms with Crippen LogP contribution in [0.5, 0.6) is 0 Å². The maximum absolute atomic E-state index is 12.0. The van der Waals surface area contributed by atoms with Gasteiger partial charge in [-0.15, -0.1) is 5.10 Å². The number of nitrogens with zero attached hydrogens (tertiary/aromatic N) is 2. The van der Waals surface area contributed by atoms with Crippen LogP contribution in [-0.2, 0) is 4.74 Å². The van der Waals surface area contributed by atoms with E-state index in [1.807, 2.05) is 0 Å². The van der Waals surface area contributed by atoms with Gasteiger partial charge >= 0.3 is 5.97 Å². The number of rotatable bonds is 4. The monoisotopic (exact) mass is 305 g/mol. The zero-order chi connectivity index (χ0) is 15.4. The molecular weight excluding hydrogens is 290 g/mol. The van der Waals surface area contributed by atoms with Gasteiger partial charge in [0.2, 0.25) is 0 Å². The van der Waals surface area contributed by atoms with E-state index in [2.05, 4.69) is 14.9 Å². The van der Waals surface area contributed by atoms with Crippen molar-refractivity contribution >= 4 is 29.1 Å². The Bertz CT molecular complexity index is 650. The van der Waals surface area contributed by atoms with Crippen LogP contribution >= 0.6 is 11.5 Å². The van der Waals surface area contributed by atoms with Gasteiger partial charge in [-0.1, -0.05) is 4.49 Å². The Labute approximate surface area is 126 Å². The highest BCUT2D eigenvalue weighted by molar-refractivity contribution is 7.08. The fourth-order valence-corrected chi connectivity index (χ4v) is 2.15. The lowest BCUT2D eigenvalue weighted by molar-refractivity contribution is 0.0378. The molecule has 6 nitrogen and oxygen atoms in total. The first-order chi connectivity index (χ1) is 9.97. The van der Waals surface area contributed by atoms with Crippen LogP contribution in [-0.4, -0.2) is 27.6 Å². The summed E-state index contributed by atoms with van der Waals surface area (Å²) in [6, 6.07) is 6.52. The smallest absolute Gasteiger partial charge is 0.338 e. The largest absolute Gasteiger partial charge is 0.459 e. The van der Waals surface area contributed by atoms with E-state index in [1.165, 1.54) is 0 Å². The highest BCUT2D eigenvalue weighted by Crippen LogP contribution is 2.15. The van der Waals surface area contributed by atoms with Gasteiger partial charge in [0.15, 0.2) is 0 Å². The summed E-state index contributed by atoms with van der Waals surface area (Å²) in [5, 5.41) is 6.52. The minimum absolute atomic E-state index is 0.168. The van der Waals surface area contributed by atoms with Crippen molar-refractivity contribution in [1.29, 1.82) is 0 Å². The fourth-order valence-electron chi connectivity index (χ4n) is 1.60. The van der Waals surface area contributed by atoms with Crippen molar-refractivity contribution in [3.8, 4) is 0 Å². The average Bonchev–Trinajstić information content (AvgIpc) is 2.85. The highest BCUT2D eigenvalue weighted by Gasteiger charge is 2.14. The molecule has 1 aromatic carbocycles. The van der Waals surface area contributed by atoms with Crippen molar-refractivity contribution < 1.29 is 14.3 Å². The Morgan fingerprint density at radius 3 is 2.43 bits per heavy atom. The van der Waals surface area contributed by atoms with Crippen molar-refractivity contribution in [3.05, 3.63) is 40.4 Å². The number of anilines is 1. The highest BCUT2D eigenvalue weighted by atomic mass is 32.1. The predicted octanol–water partition coefficient (Wildman–Crippen LogP) is 2.66. The van der Waals surface area contributed by atoms with Gasteiger partial charge in [0.05, 0.1) is 17.4 Å². The second kappa shape index (κ2) is 6.45. The lowest BCUT2D eigenvalue weighted by atomic mass is 10.2. The number of carbonyl (C=O) groups excluding carboxylic acids is 2. The number of hydrogen-bond acceptors (Lipinski definition) is 6. The molecule has 110 valence electrons. The minimum atomic E-state index is -0.384. The molecule has 2 aromatic rings. The van der Waals surface area contributed by atoms with Gasteiger partial charge in [0.25, 0.3) is 5.91 Å². The van der Waals surface area contributed by atoms with Crippen molar-refractivity contribution in [2.24, 2.45) is 0 Å². The maximum atomic E-state index is 12.0. The van der Waals surface area contributed by atoms with E-state index in [0.29, 0.717) is 21.8 Å². The van der Waals surface area contributed by atoms with Gasteiger partial charge < -0.3 is 10.1 Å². The molecule has 1 aromatic heterocycles. The van der Waals surface area contributed by atoms with Crippen molar-refractivity contribution in [2.75, 3.05) is 5.32 Å². The number of nitrogens with one attached hydrogen (secondary N) is 1. The number of amides is 1. The molecule has 0 aliphatic rings. The first-order valence-corrected chi connectivity index (χ1v) is 7.16. The zero-order valence-corrected chi connectivity index (χ0v) is 12.7. The molecule has 1 heterocycles. The summed E-state index contributed by atoms with van der Waals surface area (Å²) in [5.41, 5.74) is 1.63. The summed E-state index contributed by atoms with van der Waals surface area (Å²) in [7, 11) is 0. The molecule has 0 radical (unpaired) electrons. The molecule has 0 saturated carbocycles. The molecule has 0 aliphatic heterocycles. The molecule has 1 amide bonds. The Hall–Kier alpha value is -2.28. The summed E-state index contributed by atoms with van der Waals surface area (Å²) < 4.78 is 8.81. The number of carbonyl (C=O) groups is 2. The van der Waals surface area contributed by atoms with E-state index in [4.69, 9.17) is 4.74 Å². The maximum Gasteiger partial charge on any atom is 0.338 e. The third kappa shape index (κ3) is 3.85. The topological polar surface area (TPSA) is 81.2 Å². The Balaban J connectivity index is 2.04. The average molecular weight is 305 g/mol. The molecule has 7 heteroatoms. The van der Waals surface area contributed by atoms with Gasteiger partial charge in [-0.2, -0.15) is 0 Å². The molecule has 1 N–H and O–H groups in total. The van der Waals surface area contributed by atoms with E-state index in [1.54, 1.807) is 45.0 Å². The number of esters is 1. The Kier molecular flexibility index (Phi) is 4.64. The van der Waals surface area contributed by atoms with E-state index >= 15 is 0 Å². The van der Waals surface area contributed by atoms with Crippen molar-refractivity contribution in [2.45, 2.75) is 26.9 Å². The Morgan fingerprint density at radius 2 is 1.90 bits per heavy atom. The number of hydrogen-bond donors (Lipinski definition) is 1. The molecular formula is C14H15N3O3S. The Morgan fingerprint density at radius 1 is 1.24 bits per heavy atom. The minimum Gasteiger partial charge on any atom is -0.459 e. The normalized spacial score (nSPS) is 10.5. The van der Waals surface area contributed by atoms with Crippen LogP contribution in [0.25, 0.3) is 0 Å². The SMILES string of the molecule is Cc1nnsc1C(=O)Nc1ccc(C(=O)OC(C)C)cc1. The molecule has 0 spiro atoms. The van der Waals surface area contributed by atoms with Crippen LogP contribution in [0.3, 0.4) is 0 Å². The van der Waals surface area contributed by atoms with Gasteiger partial charge in [-0.25, -0.2) is 4.79 Å². The number of benzene rings is 1. The van der Waals surface area contributed by atoms with Crippen LogP contribution in [0.4, 0.5) is 5.69 Å². The van der Waals surface area contributed by atoms with Gasteiger partial charge in [0.1, 0.15) is 4.88 Å². The molecule has 0 fully saturated rings. The molecule has 0 aliphatic carbocycles. The van der Waals surface area contributed by atoms with Gasteiger partial charge in [-0.05, 0) is 56.6 Å². The second-order valence-corrected chi connectivity index (χ2v) is 5.43. The summed E-state index contributed by atoms with van der Waals surface area (Å²) in [6.45, 7) is 5.30. The van der Waals surface area contributed by atoms with Crippen molar-refractivity contribution in [1.82, 2.24) is 9.59 Å². The zero-order valence-electron chi connectivity index (χ0n) is 11.9. The molecule has 0 saturated heterocycles. The summed E-state index contributed by atoms with van der Waals surface area (Å²) in [5.74, 6) is -0.648. The van der Waals surface area contributed by atoms with E-state index in [-0.39, 0.29) is 18.0 Å². The first-order valence-electron chi connectivity index (χ1n) is 6.38. The molecule has 2 rings (SSSR count). The number of aryl methyl sites for hydroxylation is 1. The molecule has 0 bridgehead atoms. The third-order valence-corrected chi connectivity index (χ3v) is 3.41. The fraction of sp³-hybridized carbons (Fsp3) is 0.286. The summed E-state index contributed by atoms with van der Waals surface area (Å²) >= 11 is 1.04. The van der Waals surface area contributed by atoms with E-state index in [0.717, 1.165) is 11.5 Å². The summed E-state index contributed by atoms with van der Waals surface area (Å²) in [4.78, 5) is 24.2. The number of ether oxygens (including phenoxy) is 1. The lowest BCUT2D eigenvalue weighted by Gasteiger charge is -2.08. The van der Waals surface area contributed by atoms with Crippen molar-refractivity contribution in [3.63, 3.8) is 0 Å². The second-order valence-electron chi connectivity index (χ2n) is 4.67. The van der Waals surface area contributed by atoms with Gasteiger partial charge in [-0.3, -0.25) is 4.79 Å². The number of aromatic nitrogens is 2. The van der Waals surface area contributed by atoms with Crippen LogP contribution in [0.2, 0.25) is 0 Å². The third-order valence-electron chi connectivity index (χ3n) is 2.58. The van der Waals surface area contributed by atoms with Crippen LogP contribution < -0.4 is 5.32 Å². The van der Waals surface area contributed by atoms with E-state index < -0.39 is 0 Å². The molecule has 0 atom stereocenters. The lowest BCUT2D eigenvalue weighted by Crippen LogP contribution is -2.13. The summed E-state index contributed by atoms with van der Waals surface area (Å²) in [6.07, 6.45) is -0.168. The molecule has 0 unspecified atom stereocenters. The van der Waals surface area contributed by atoms with Gasteiger partial charge in [0, 0.05) is 5.69 Å². The van der Waals surface area contributed by atoms with Crippen LogP contribution in [0, 0.1) is 6.92 Å². The van der Waals surface area contributed by atoms with Crippen LogP contribution in [0.1, 0.15) is 39.6 Å². The molecule has 21 heavy (non-hydrogen) atoms. The van der Waals surface area contributed by atoms with Crippen LogP contribution in [0.15, 0.2) is 24.3 Å². The predicted molar refractivity (Wildman–Crippen MR) is 79.6 cm³/mol. The van der Waals surface area contributed by atoms with E-state index in [9.17, 15) is 9.59 Å². The standard InChI is InChI=1S/C14H15N3O3S/c1-8(2)20-14(19)10-4-6-11(7-5-10)15-13(18)12-9(3)16-17-21-12/h4-8H,1-3H3,(H,15,18). The quantitative estimate of drug-likeness (QED) is 0.878. The first kappa shape index (κ1) is 15.1.